The second-order valence-electron chi connectivity index (χ2n) is 5.36. The first-order valence-electron chi connectivity index (χ1n) is 7.63. The molecule has 25 heavy (non-hydrogen) atoms. The molecule has 6 nitrogen and oxygen atoms in total. The third-order valence-corrected chi connectivity index (χ3v) is 5.62. The van der Waals surface area contributed by atoms with Gasteiger partial charge in [0.2, 0.25) is 10.0 Å². The number of morpholine rings is 1. The molecule has 0 aliphatic carbocycles. The molecule has 1 heterocycles. The zero-order valence-electron chi connectivity index (χ0n) is 13.2. The molecule has 0 atom stereocenters. The second kappa shape index (κ2) is 7.30. The molecule has 1 fully saturated rings. The molecule has 1 aliphatic heterocycles. The van der Waals surface area contributed by atoms with Crippen molar-refractivity contribution in [3.63, 3.8) is 0 Å². The Kier molecular flexibility index (Phi) is 5.12. The van der Waals surface area contributed by atoms with Crippen LogP contribution in [-0.4, -0.2) is 45.0 Å². The van der Waals surface area contributed by atoms with E-state index < -0.39 is 26.7 Å². The normalized spacial score (nSPS) is 15.7. The van der Waals surface area contributed by atoms with E-state index in [1.54, 1.807) is 30.3 Å². The summed E-state index contributed by atoms with van der Waals surface area (Å²) in [5, 5.41) is 0. The van der Waals surface area contributed by atoms with Crippen LogP contribution in [0.2, 0.25) is 0 Å². The quantitative estimate of drug-likeness (QED) is 0.613. The van der Waals surface area contributed by atoms with Crippen LogP contribution in [0.25, 0.3) is 0 Å². The number of hydrogen-bond donors (Lipinski definition) is 0. The van der Waals surface area contributed by atoms with Crippen LogP contribution in [0, 0.1) is 5.82 Å². The third kappa shape index (κ3) is 3.87. The van der Waals surface area contributed by atoms with Crippen molar-refractivity contribution in [2.75, 3.05) is 26.3 Å². The van der Waals surface area contributed by atoms with Gasteiger partial charge in [0.1, 0.15) is 16.5 Å². The van der Waals surface area contributed by atoms with E-state index in [-0.39, 0.29) is 31.9 Å². The molecule has 1 aliphatic rings. The summed E-state index contributed by atoms with van der Waals surface area (Å²) < 4.78 is 50.8. The van der Waals surface area contributed by atoms with Gasteiger partial charge in [-0.2, -0.15) is 4.31 Å². The summed E-state index contributed by atoms with van der Waals surface area (Å²) in [6.07, 6.45) is 0. The van der Waals surface area contributed by atoms with E-state index in [1.807, 2.05) is 0 Å². The number of carbonyl (C=O) groups excluding carboxylic acids is 1. The van der Waals surface area contributed by atoms with Gasteiger partial charge in [-0.3, -0.25) is 0 Å². The lowest BCUT2D eigenvalue weighted by Crippen LogP contribution is -2.41. The smallest absolute Gasteiger partial charge is 0.343 e. The van der Waals surface area contributed by atoms with E-state index >= 15 is 0 Å². The van der Waals surface area contributed by atoms with Crippen molar-refractivity contribution in [1.82, 2.24) is 4.31 Å². The summed E-state index contributed by atoms with van der Waals surface area (Å²) >= 11 is 0. The Morgan fingerprint density at radius 2 is 1.76 bits per heavy atom. The molecule has 2 aromatic rings. The zero-order chi connectivity index (χ0) is 17.9. The molecular formula is C17H16FNO5S. The van der Waals surface area contributed by atoms with Crippen molar-refractivity contribution in [2.45, 2.75) is 4.90 Å². The maximum atomic E-state index is 14.1. The Morgan fingerprint density at radius 3 is 2.44 bits per heavy atom. The van der Waals surface area contributed by atoms with Crippen molar-refractivity contribution < 1.29 is 27.1 Å². The van der Waals surface area contributed by atoms with Crippen molar-refractivity contribution in [3.8, 4) is 5.75 Å². The van der Waals surface area contributed by atoms with Crippen molar-refractivity contribution in [1.29, 1.82) is 0 Å². The van der Waals surface area contributed by atoms with Crippen molar-refractivity contribution >= 4 is 16.0 Å². The predicted molar refractivity (Wildman–Crippen MR) is 87.4 cm³/mol. The summed E-state index contributed by atoms with van der Waals surface area (Å²) in [4.78, 5) is 11.7. The van der Waals surface area contributed by atoms with Gasteiger partial charge >= 0.3 is 5.97 Å². The molecule has 0 radical (unpaired) electrons. The summed E-state index contributed by atoms with van der Waals surface area (Å²) in [5.74, 6) is -1.36. The molecule has 0 aromatic heterocycles. The van der Waals surface area contributed by atoms with Crippen LogP contribution in [0.4, 0.5) is 4.39 Å². The molecule has 1 saturated heterocycles. The Labute approximate surface area is 144 Å². The highest BCUT2D eigenvalue weighted by Gasteiger charge is 2.30. The largest absolute Gasteiger partial charge is 0.423 e. The Morgan fingerprint density at radius 1 is 1.08 bits per heavy atom. The number of carbonyl (C=O) groups is 1. The van der Waals surface area contributed by atoms with E-state index in [4.69, 9.17) is 9.47 Å². The maximum Gasteiger partial charge on any atom is 0.343 e. The van der Waals surface area contributed by atoms with E-state index in [1.165, 1.54) is 6.07 Å². The van der Waals surface area contributed by atoms with E-state index in [9.17, 15) is 17.6 Å². The van der Waals surface area contributed by atoms with Crippen LogP contribution in [0.5, 0.6) is 5.75 Å². The third-order valence-electron chi connectivity index (χ3n) is 3.71. The number of sulfonamides is 1. The number of esters is 1. The molecule has 0 spiro atoms. The number of benzene rings is 2. The molecule has 132 valence electrons. The van der Waals surface area contributed by atoms with Gasteiger partial charge in [0.05, 0.1) is 18.8 Å². The molecule has 2 aromatic carbocycles. The minimum absolute atomic E-state index is 0.0444. The summed E-state index contributed by atoms with van der Waals surface area (Å²) in [6.45, 7) is 0.772. The number of para-hydroxylation sites is 1. The van der Waals surface area contributed by atoms with Gasteiger partial charge in [-0.1, -0.05) is 18.2 Å². The number of nitrogens with zero attached hydrogens (tertiary/aromatic N) is 1. The first kappa shape index (κ1) is 17.5. The molecule has 0 saturated carbocycles. The predicted octanol–water partition coefficient (Wildman–Crippen LogP) is 2.07. The highest BCUT2D eigenvalue weighted by molar-refractivity contribution is 7.89. The second-order valence-corrected chi connectivity index (χ2v) is 7.27. The summed E-state index contributed by atoms with van der Waals surface area (Å²) in [5.41, 5.74) is -0.0444. The lowest BCUT2D eigenvalue weighted by atomic mass is 10.2. The fourth-order valence-electron chi connectivity index (χ4n) is 2.41. The van der Waals surface area contributed by atoms with Crippen molar-refractivity contribution in [2.24, 2.45) is 0 Å². The van der Waals surface area contributed by atoms with E-state index in [2.05, 4.69) is 0 Å². The molecule has 0 unspecified atom stereocenters. The van der Waals surface area contributed by atoms with Crippen LogP contribution in [0.1, 0.15) is 10.4 Å². The molecule has 3 rings (SSSR count). The first-order valence-corrected chi connectivity index (χ1v) is 9.07. The van der Waals surface area contributed by atoms with Gasteiger partial charge in [0, 0.05) is 13.1 Å². The van der Waals surface area contributed by atoms with Gasteiger partial charge in [-0.15, -0.1) is 0 Å². The van der Waals surface area contributed by atoms with Crippen molar-refractivity contribution in [3.05, 3.63) is 59.9 Å². The van der Waals surface area contributed by atoms with Crippen LogP contribution < -0.4 is 4.74 Å². The Hall–Kier alpha value is -2.29. The molecule has 0 amide bonds. The molecule has 8 heteroatoms. The van der Waals surface area contributed by atoms with Crippen LogP contribution >= 0.6 is 0 Å². The summed E-state index contributed by atoms with van der Waals surface area (Å²) in [6, 6.07) is 11.5. The van der Waals surface area contributed by atoms with Gasteiger partial charge < -0.3 is 9.47 Å². The molecule has 0 N–H and O–H groups in total. The van der Waals surface area contributed by atoms with Gasteiger partial charge in [0.25, 0.3) is 0 Å². The lowest BCUT2D eigenvalue weighted by molar-refractivity contribution is 0.0726. The van der Waals surface area contributed by atoms with Crippen LogP contribution in [-0.2, 0) is 14.8 Å². The molecule has 0 bridgehead atoms. The minimum atomic E-state index is -4.05. The lowest BCUT2D eigenvalue weighted by Gasteiger charge is -2.26. The SMILES string of the molecule is O=C(Oc1ccccc1)c1ccc(F)c(S(=O)(=O)N2CCOCC2)c1. The topological polar surface area (TPSA) is 72.9 Å². The number of halogens is 1. The average Bonchev–Trinajstić information content (AvgIpc) is 2.63. The van der Waals surface area contributed by atoms with Crippen LogP contribution in [0.15, 0.2) is 53.4 Å². The Balaban J connectivity index is 1.88. The summed E-state index contributed by atoms with van der Waals surface area (Å²) in [7, 11) is -4.05. The van der Waals surface area contributed by atoms with E-state index in [0.717, 1.165) is 16.4 Å². The Bertz CT molecular complexity index is 864. The number of ether oxygens (including phenoxy) is 2. The first-order chi connectivity index (χ1) is 12.0. The monoisotopic (exact) mass is 365 g/mol. The average molecular weight is 365 g/mol. The van der Waals surface area contributed by atoms with Gasteiger partial charge in [-0.05, 0) is 30.3 Å². The molecular weight excluding hydrogens is 349 g/mol. The highest BCUT2D eigenvalue weighted by atomic mass is 32.2. The van der Waals surface area contributed by atoms with Gasteiger partial charge in [0.15, 0.2) is 0 Å². The fourth-order valence-corrected chi connectivity index (χ4v) is 3.91. The minimum Gasteiger partial charge on any atom is -0.423 e. The van der Waals surface area contributed by atoms with Gasteiger partial charge in [-0.25, -0.2) is 17.6 Å². The standard InChI is InChI=1S/C17H16FNO5S/c18-15-7-6-13(17(20)24-14-4-2-1-3-5-14)12-16(15)25(21,22)19-8-10-23-11-9-19/h1-7,12H,8-11H2. The maximum absolute atomic E-state index is 14.1. The fraction of sp³-hybridized carbons (Fsp3) is 0.235. The number of hydrogen-bond acceptors (Lipinski definition) is 5. The highest BCUT2D eigenvalue weighted by Crippen LogP contribution is 2.22. The zero-order valence-corrected chi connectivity index (χ0v) is 14.0. The van der Waals surface area contributed by atoms with E-state index in [0.29, 0.717) is 5.75 Å². The number of rotatable bonds is 4. The van der Waals surface area contributed by atoms with Crippen LogP contribution in [0.3, 0.4) is 0 Å².